The van der Waals surface area contributed by atoms with Crippen LogP contribution in [0.1, 0.15) is 6.92 Å². The molecule has 5 heteroatoms. The second kappa shape index (κ2) is 10.6. The van der Waals surface area contributed by atoms with Crippen molar-refractivity contribution in [3.05, 3.63) is 12.7 Å². The number of carbonyl (C=O) groups is 1. The molecule has 5 nitrogen and oxygen atoms in total. The molecule has 0 saturated heterocycles. The van der Waals surface area contributed by atoms with Gasteiger partial charge in [-0.25, -0.2) is 0 Å². The molecule has 0 aromatic heterocycles. The van der Waals surface area contributed by atoms with E-state index in [2.05, 4.69) is 17.2 Å². The SMILES string of the molecule is C=CCNC(=O)C(C)NCCOCCOC. The van der Waals surface area contributed by atoms with Crippen molar-refractivity contribution in [2.75, 3.05) is 40.0 Å². The highest BCUT2D eigenvalue weighted by Gasteiger charge is 2.09. The second-order valence-electron chi connectivity index (χ2n) is 3.31. The Balaban J connectivity index is 3.38. The molecule has 0 aromatic carbocycles. The Hall–Kier alpha value is -0.910. The van der Waals surface area contributed by atoms with E-state index in [4.69, 9.17) is 9.47 Å². The summed E-state index contributed by atoms with van der Waals surface area (Å²) in [7, 11) is 1.63. The van der Waals surface area contributed by atoms with Gasteiger partial charge >= 0.3 is 0 Å². The minimum atomic E-state index is -0.217. The smallest absolute Gasteiger partial charge is 0.237 e. The van der Waals surface area contributed by atoms with Gasteiger partial charge in [0.05, 0.1) is 25.9 Å². The number of carbonyl (C=O) groups excluding carboxylic acids is 1. The standard InChI is InChI=1S/C11H22N2O3/c1-4-5-13-11(14)10(2)12-6-7-16-9-8-15-3/h4,10,12H,1,5-9H2,2-3H3,(H,13,14). The number of amides is 1. The molecule has 0 heterocycles. The average molecular weight is 230 g/mol. The third-order valence-electron chi connectivity index (χ3n) is 1.94. The van der Waals surface area contributed by atoms with E-state index in [0.29, 0.717) is 32.9 Å². The molecule has 16 heavy (non-hydrogen) atoms. The molecule has 94 valence electrons. The van der Waals surface area contributed by atoms with E-state index in [1.165, 1.54) is 0 Å². The van der Waals surface area contributed by atoms with Crippen LogP contribution in [0.15, 0.2) is 12.7 Å². The monoisotopic (exact) mass is 230 g/mol. The van der Waals surface area contributed by atoms with Gasteiger partial charge in [-0.2, -0.15) is 0 Å². The van der Waals surface area contributed by atoms with Gasteiger partial charge in [0, 0.05) is 20.2 Å². The number of nitrogens with one attached hydrogen (secondary N) is 2. The van der Waals surface area contributed by atoms with E-state index >= 15 is 0 Å². The average Bonchev–Trinajstić information content (AvgIpc) is 2.30. The third-order valence-corrected chi connectivity index (χ3v) is 1.94. The van der Waals surface area contributed by atoms with Crippen molar-refractivity contribution in [3.8, 4) is 0 Å². The maximum Gasteiger partial charge on any atom is 0.237 e. The molecule has 0 aliphatic carbocycles. The van der Waals surface area contributed by atoms with Crippen LogP contribution in [0.2, 0.25) is 0 Å². The van der Waals surface area contributed by atoms with Crippen LogP contribution in [0.3, 0.4) is 0 Å². The molecule has 0 aromatic rings. The van der Waals surface area contributed by atoms with Crippen molar-refractivity contribution < 1.29 is 14.3 Å². The Labute approximate surface area is 97.2 Å². The third kappa shape index (κ3) is 8.40. The molecule has 0 rings (SSSR count). The number of methoxy groups -OCH3 is 1. The van der Waals surface area contributed by atoms with Gasteiger partial charge in [-0.15, -0.1) is 6.58 Å². The van der Waals surface area contributed by atoms with E-state index in [1.807, 2.05) is 6.92 Å². The van der Waals surface area contributed by atoms with Gasteiger partial charge < -0.3 is 20.1 Å². The number of hydrogen-bond acceptors (Lipinski definition) is 4. The molecular formula is C11H22N2O3. The zero-order valence-electron chi connectivity index (χ0n) is 10.1. The maximum absolute atomic E-state index is 11.4. The van der Waals surface area contributed by atoms with Crippen LogP contribution in [-0.4, -0.2) is 52.0 Å². The van der Waals surface area contributed by atoms with Crippen molar-refractivity contribution in [1.29, 1.82) is 0 Å². The molecule has 0 radical (unpaired) electrons. The quantitative estimate of drug-likeness (QED) is 0.407. The minimum Gasteiger partial charge on any atom is -0.382 e. The van der Waals surface area contributed by atoms with Crippen molar-refractivity contribution in [2.24, 2.45) is 0 Å². The Kier molecular flexibility index (Phi) is 10.00. The van der Waals surface area contributed by atoms with Crippen LogP contribution in [0.5, 0.6) is 0 Å². The van der Waals surface area contributed by atoms with Crippen molar-refractivity contribution in [3.63, 3.8) is 0 Å². The largest absolute Gasteiger partial charge is 0.382 e. The van der Waals surface area contributed by atoms with E-state index in [9.17, 15) is 4.79 Å². The highest BCUT2D eigenvalue weighted by atomic mass is 16.5. The molecule has 0 fully saturated rings. The van der Waals surface area contributed by atoms with Crippen molar-refractivity contribution in [1.82, 2.24) is 10.6 Å². The topological polar surface area (TPSA) is 59.6 Å². The van der Waals surface area contributed by atoms with Gasteiger partial charge in [-0.1, -0.05) is 6.08 Å². The molecule has 0 spiro atoms. The predicted octanol–water partition coefficient (Wildman–Crippen LogP) is -0.0703. The summed E-state index contributed by atoms with van der Waals surface area (Å²) in [5.74, 6) is -0.0307. The molecular weight excluding hydrogens is 208 g/mol. The summed E-state index contributed by atoms with van der Waals surface area (Å²) in [4.78, 5) is 11.4. The first-order valence-corrected chi connectivity index (χ1v) is 5.41. The first-order valence-electron chi connectivity index (χ1n) is 5.41. The lowest BCUT2D eigenvalue weighted by Gasteiger charge is -2.13. The Bertz CT molecular complexity index is 198. The summed E-state index contributed by atoms with van der Waals surface area (Å²) in [6, 6.07) is -0.217. The van der Waals surface area contributed by atoms with E-state index in [0.717, 1.165) is 0 Å². The summed E-state index contributed by atoms with van der Waals surface area (Å²) < 4.78 is 10.1. The number of ether oxygens (including phenoxy) is 2. The second-order valence-corrected chi connectivity index (χ2v) is 3.31. The van der Waals surface area contributed by atoms with Crippen LogP contribution in [0.4, 0.5) is 0 Å². The van der Waals surface area contributed by atoms with E-state index < -0.39 is 0 Å². The van der Waals surface area contributed by atoms with E-state index in [-0.39, 0.29) is 11.9 Å². The van der Waals surface area contributed by atoms with E-state index in [1.54, 1.807) is 13.2 Å². The van der Waals surface area contributed by atoms with Crippen LogP contribution >= 0.6 is 0 Å². The minimum absolute atomic E-state index is 0.0307. The van der Waals surface area contributed by atoms with Crippen LogP contribution in [-0.2, 0) is 14.3 Å². The summed E-state index contributed by atoms with van der Waals surface area (Å²) >= 11 is 0. The van der Waals surface area contributed by atoms with Gasteiger partial charge in [0.25, 0.3) is 0 Å². The summed E-state index contributed by atoms with van der Waals surface area (Å²) in [6.45, 7) is 8.23. The molecule has 1 atom stereocenters. The molecule has 0 bridgehead atoms. The fourth-order valence-electron chi connectivity index (χ4n) is 1.01. The lowest BCUT2D eigenvalue weighted by atomic mass is 10.3. The van der Waals surface area contributed by atoms with Gasteiger partial charge in [-0.05, 0) is 6.92 Å². The molecule has 0 aliphatic rings. The van der Waals surface area contributed by atoms with Gasteiger partial charge in [-0.3, -0.25) is 4.79 Å². The fourth-order valence-corrected chi connectivity index (χ4v) is 1.01. The number of hydrogen-bond donors (Lipinski definition) is 2. The Morgan fingerprint density at radius 3 is 2.81 bits per heavy atom. The molecule has 0 saturated carbocycles. The molecule has 0 aliphatic heterocycles. The predicted molar refractivity (Wildman–Crippen MR) is 63.4 cm³/mol. The summed E-state index contributed by atoms with van der Waals surface area (Å²) in [5, 5.41) is 5.77. The molecule has 2 N–H and O–H groups in total. The summed E-state index contributed by atoms with van der Waals surface area (Å²) in [5.41, 5.74) is 0. The zero-order valence-corrected chi connectivity index (χ0v) is 10.1. The Morgan fingerprint density at radius 2 is 2.19 bits per heavy atom. The fraction of sp³-hybridized carbons (Fsp3) is 0.727. The van der Waals surface area contributed by atoms with Crippen LogP contribution in [0.25, 0.3) is 0 Å². The first-order chi connectivity index (χ1) is 7.72. The zero-order chi connectivity index (χ0) is 12.2. The van der Waals surface area contributed by atoms with Gasteiger partial charge in [0.15, 0.2) is 0 Å². The number of rotatable bonds is 10. The maximum atomic E-state index is 11.4. The molecule has 1 unspecified atom stereocenters. The van der Waals surface area contributed by atoms with Crippen LogP contribution in [0, 0.1) is 0 Å². The molecule has 1 amide bonds. The van der Waals surface area contributed by atoms with Crippen molar-refractivity contribution >= 4 is 5.91 Å². The van der Waals surface area contributed by atoms with Gasteiger partial charge in [0.1, 0.15) is 0 Å². The normalized spacial score (nSPS) is 12.1. The first kappa shape index (κ1) is 15.1. The van der Waals surface area contributed by atoms with Crippen molar-refractivity contribution in [2.45, 2.75) is 13.0 Å². The lowest BCUT2D eigenvalue weighted by Crippen LogP contribution is -2.43. The highest BCUT2D eigenvalue weighted by Crippen LogP contribution is 1.82. The highest BCUT2D eigenvalue weighted by molar-refractivity contribution is 5.81. The Morgan fingerprint density at radius 1 is 1.44 bits per heavy atom. The lowest BCUT2D eigenvalue weighted by molar-refractivity contribution is -0.122. The summed E-state index contributed by atoms with van der Waals surface area (Å²) in [6.07, 6.45) is 1.65. The van der Waals surface area contributed by atoms with Gasteiger partial charge in [0.2, 0.25) is 5.91 Å². The van der Waals surface area contributed by atoms with Crippen LogP contribution < -0.4 is 10.6 Å².